The van der Waals surface area contributed by atoms with E-state index in [0.29, 0.717) is 18.5 Å². The molecule has 0 saturated heterocycles. The lowest BCUT2D eigenvalue weighted by atomic mass is 10.1. The number of aryl methyl sites for hydroxylation is 1. The van der Waals surface area contributed by atoms with Crippen molar-refractivity contribution >= 4 is 17.6 Å². The van der Waals surface area contributed by atoms with Crippen LogP contribution in [-0.4, -0.2) is 27.0 Å². The third-order valence-corrected chi connectivity index (χ3v) is 2.63. The van der Waals surface area contributed by atoms with Gasteiger partial charge in [0.2, 0.25) is 5.91 Å². The number of carbonyl (C=O) groups is 2. The lowest BCUT2D eigenvalue weighted by Gasteiger charge is -2.05. The van der Waals surface area contributed by atoms with Crippen LogP contribution in [0.3, 0.4) is 0 Å². The van der Waals surface area contributed by atoms with Crippen molar-refractivity contribution < 1.29 is 14.7 Å². The van der Waals surface area contributed by atoms with Crippen LogP contribution in [0.15, 0.2) is 42.9 Å². The zero-order chi connectivity index (χ0) is 14.4. The highest BCUT2D eigenvalue weighted by Gasteiger charge is 2.06. The van der Waals surface area contributed by atoms with E-state index in [-0.39, 0.29) is 11.6 Å². The smallest absolute Gasteiger partial charge is 0.354 e. The molecule has 0 aliphatic carbocycles. The predicted molar refractivity (Wildman–Crippen MR) is 72.4 cm³/mol. The second kappa shape index (κ2) is 6.42. The number of rotatable bonds is 5. The number of carboxylic acids is 1. The number of aromatic carboxylic acids is 1. The third kappa shape index (κ3) is 3.88. The van der Waals surface area contributed by atoms with E-state index < -0.39 is 5.97 Å². The Bertz CT molecular complexity index is 597. The lowest BCUT2D eigenvalue weighted by Crippen LogP contribution is -2.13. The van der Waals surface area contributed by atoms with Crippen LogP contribution in [0.2, 0.25) is 0 Å². The predicted octanol–water partition coefficient (Wildman–Crippen LogP) is 1.75. The quantitative estimate of drug-likeness (QED) is 0.864. The number of hydrogen-bond donors (Lipinski definition) is 2. The molecule has 102 valence electrons. The maximum atomic E-state index is 11.7. The number of aromatic nitrogens is 2. The highest BCUT2D eigenvalue weighted by molar-refractivity contribution is 5.91. The molecule has 0 saturated carbocycles. The fourth-order valence-corrected chi connectivity index (χ4v) is 1.62. The van der Waals surface area contributed by atoms with Gasteiger partial charge >= 0.3 is 5.97 Å². The van der Waals surface area contributed by atoms with Gasteiger partial charge in [-0.1, -0.05) is 6.07 Å². The van der Waals surface area contributed by atoms with Gasteiger partial charge in [0, 0.05) is 18.8 Å². The molecule has 2 N–H and O–H groups in total. The number of nitrogens with one attached hydrogen (secondary N) is 1. The minimum atomic E-state index is -1.10. The second-order valence-electron chi connectivity index (χ2n) is 4.15. The number of carbonyl (C=O) groups excluding carboxylic acids is 1. The summed E-state index contributed by atoms with van der Waals surface area (Å²) < 4.78 is 0. The first-order chi connectivity index (χ1) is 9.65. The van der Waals surface area contributed by atoms with E-state index in [1.807, 2.05) is 12.1 Å². The molecule has 0 spiro atoms. The number of anilines is 1. The summed E-state index contributed by atoms with van der Waals surface area (Å²) in [4.78, 5) is 30.1. The number of hydrogen-bond acceptors (Lipinski definition) is 4. The minimum absolute atomic E-state index is 0.0571. The maximum absolute atomic E-state index is 11.7. The molecule has 0 fully saturated rings. The molecule has 0 unspecified atom stereocenters. The van der Waals surface area contributed by atoms with Crippen LogP contribution in [0.1, 0.15) is 22.5 Å². The SMILES string of the molecule is O=C(CCc1cccnc1)Nc1ccc(C(=O)O)nc1. The summed E-state index contributed by atoms with van der Waals surface area (Å²) in [7, 11) is 0. The van der Waals surface area contributed by atoms with Gasteiger partial charge in [-0.3, -0.25) is 9.78 Å². The Morgan fingerprint density at radius 2 is 2.05 bits per heavy atom. The molecule has 2 heterocycles. The first-order valence-corrected chi connectivity index (χ1v) is 6.03. The van der Waals surface area contributed by atoms with Gasteiger partial charge in [0.05, 0.1) is 11.9 Å². The summed E-state index contributed by atoms with van der Waals surface area (Å²) in [5.41, 5.74) is 1.41. The normalized spacial score (nSPS) is 10.0. The Labute approximate surface area is 115 Å². The highest BCUT2D eigenvalue weighted by Crippen LogP contribution is 2.08. The van der Waals surface area contributed by atoms with Crippen LogP contribution < -0.4 is 5.32 Å². The Morgan fingerprint density at radius 1 is 1.20 bits per heavy atom. The van der Waals surface area contributed by atoms with E-state index in [1.54, 1.807) is 12.4 Å². The van der Waals surface area contributed by atoms with Crippen LogP contribution in [-0.2, 0) is 11.2 Å². The molecule has 0 atom stereocenters. The van der Waals surface area contributed by atoms with Crippen molar-refractivity contribution in [1.82, 2.24) is 9.97 Å². The van der Waals surface area contributed by atoms with E-state index >= 15 is 0 Å². The molecule has 2 aromatic rings. The lowest BCUT2D eigenvalue weighted by molar-refractivity contribution is -0.116. The molecular formula is C14H13N3O3. The molecule has 6 nitrogen and oxygen atoms in total. The molecule has 0 aliphatic rings. The van der Waals surface area contributed by atoms with Crippen molar-refractivity contribution in [2.75, 3.05) is 5.32 Å². The van der Waals surface area contributed by atoms with E-state index in [4.69, 9.17) is 5.11 Å². The van der Waals surface area contributed by atoms with Gasteiger partial charge in [-0.05, 0) is 30.2 Å². The average Bonchev–Trinajstić information content (AvgIpc) is 2.47. The fourth-order valence-electron chi connectivity index (χ4n) is 1.62. The first kappa shape index (κ1) is 13.7. The van der Waals surface area contributed by atoms with Gasteiger partial charge in [-0.15, -0.1) is 0 Å². The van der Waals surface area contributed by atoms with Gasteiger partial charge in [0.1, 0.15) is 5.69 Å². The van der Waals surface area contributed by atoms with Crippen LogP contribution >= 0.6 is 0 Å². The fraction of sp³-hybridized carbons (Fsp3) is 0.143. The molecular weight excluding hydrogens is 258 g/mol. The number of carboxylic acid groups (broad SMARTS) is 1. The van der Waals surface area contributed by atoms with Gasteiger partial charge in [-0.2, -0.15) is 0 Å². The molecule has 6 heteroatoms. The Hall–Kier alpha value is -2.76. The summed E-state index contributed by atoms with van der Waals surface area (Å²) in [6.45, 7) is 0. The summed E-state index contributed by atoms with van der Waals surface area (Å²) in [6.07, 6.45) is 5.65. The molecule has 0 bridgehead atoms. The van der Waals surface area contributed by atoms with Crippen molar-refractivity contribution in [3.63, 3.8) is 0 Å². The summed E-state index contributed by atoms with van der Waals surface area (Å²) >= 11 is 0. The number of pyridine rings is 2. The van der Waals surface area contributed by atoms with Crippen LogP contribution in [0.4, 0.5) is 5.69 Å². The Balaban J connectivity index is 1.86. The molecule has 0 radical (unpaired) electrons. The van der Waals surface area contributed by atoms with Gasteiger partial charge < -0.3 is 10.4 Å². The van der Waals surface area contributed by atoms with Crippen molar-refractivity contribution in [2.45, 2.75) is 12.8 Å². The highest BCUT2D eigenvalue weighted by atomic mass is 16.4. The standard InChI is InChI=1S/C14H13N3O3/c18-13(6-3-10-2-1-7-15-8-10)17-11-4-5-12(14(19)20)16-9-11/h1-2,4-5,7-9H,3,6H2,(H,17,18)(H,19,20). The van der Waals surface area contributed by atoms with Gasteiger partial charge in [-0.25, -0.2) is 9.78 Å². The van der Waals surface area contributed by atoms with Crippen molar-refractivity contribution in [3.8, 4) is 0 Å². The summed E-state index contributed by atoms with van der Waals surface area (Å²) in [5.74, 6) is -1.25. The van der Waals surface area contributed by atoms with E-state index in [1.165, 1.54) is 18.3 Å². The molecule has 1 amide bonds. The van der Waals surface area contributed by atoms with E-state index in [9.17, 15) is 9.59 Å². The Morgan fingerprint density at radius 3 is 2.65 bits per heavy atom. The van der Waals surface area contributed by atoms with E-state index in [0.717, 1.165) is 5.56 Å². The van der Waals surface area contributed by atoms with Gasteiger partial charge in [0.25, 0.3) is 0 Å². The molecule has 0 aliphatic heterocycles. The third-order valence-electron chi connectivity index (χ3n) is 2.63. The van der Waals surface area contributed by atoms with Crippen LogP contribution in [0, 0.1) is 0 Å². The zero-order valence-electron chi connectivity index (χ0n) is 10.6. The summed E-state index contributed by atoms with van der Waals surface area (Å²) in [5, 5.41) is 11.4. The molecule has 2 aromatic heterocycles. The number of amides is 1. The van der Waals surface area contributed by atoms with Crippen molar-refractivity contribution in [1.29, 1.82) is 0 Å². The van der Waals surface area contributed by atoms with Crippen molar-refractivity contribution in [3.05, 3.63) is 54.1 Å². The van der Waals surface area contributed by atoms with Crippen molar-refractivity contribution in [2.24, 2.45) is 0 Å². The minimum Gasteiger partial charge on any atom is -0.477 e. The second-order valence-corrected chi connectivity index (χ2v) is 4.15. The van der Waals surface area contributed by atoms with E-state index in [2.05, 4.69) is 15.3 Å². The zero-order valence-corrected chi connectivity index (χ0v) is 10.6. The molecule has 0 aromatic carbocycles. The van der Waals surface area contributed by atoms with Crippen LogP contribution in [0.5, 0.6) is 0 Å². The van der Waals surface area contributed by atoms with Gasteiger partial charge in [0.15, 0.2) is 0 Å². The van der Waals surface area contributed by atoms with Crippen LogP contribution in [0.25, 0.3) is 0 Å². The Kier molecular flexibility index (Phi) is 4.39. The largest absolute Gasteiger partial charge is 0.477 e. The number of nitrogens with zero attached hydrogens (tertiary/aromatic N) is 2. The summed E-state index contributed by atoms with van der Waals surface area (Å²) in [6, 6.07) is 6.59. The first-order valence-electron chi connectivity index (χ1n) is 6.03. The topological polar surface area (TPSA) is 92.2 Å². The maximum Gasteiger partial charge on any atom is 0.354 e. The average molecular weight is 271 g/mol. The monoisotopic (exact) mass is 271 g/mol. The molecule has 20 heavy (non-hydrogen) atoms. The molecule has 2 rings (SSSR count).